The number of hydrogen-bond donors (Lipinski definition) is 3. The summed E-state index contributed by atoms with van der Waals surface area (Å²) in [5, 5.41) is 12.6. The molecule has 2 fully saturated rings. The van der Waals surface area contributed by atoms with Crippen LogP contribution in [0.15, 0.2) is 0 Å². The number of likely N-dealkylation sites (tertiary alicyclic amines) is 1. The van der Waals surface area contributed by atoms with E-state index in [4.69, 9.17) is 5.73 Å². The third-order valence-corrected chi connectivity index (χ3v) is 3.25. The smallest absolute Gasteiger partial charge is 0.240 e. The molecule has 16 heavy (non-hydrogen) atoms. The number of carbonyl (C=O) groups is 2. The Bertz CT molecular complexity index is 302. The van der Waals surface area contributed by atoms with Crippen LogP contribution in [-0.2, 0) is 9.59 Å². The van der Waals surface area contributed by atoms with Crippen LogP contribution in [0.2, 0.25) is 0 Å². The minimum atomic E-state index is -0.648. The van der Waals surface area contributed by atoms with Gasteiger partial charge in [0.1, 0.15) is 6.04 Å². The second-order valence-electron chi connectivity index (χ2n) is 4.45. The highest BCUT2D eigenvalue weighted by atomic mass is 16.3. The van der Waals surface area contributed by atoms with Gasteiger partial charge in [-0.2, -0.15) is 0 Å². The molecule has 0 aromatic rings. The second kappa shape index (κ2) is 4.39. The van der Waals surface area contributed by atoms with E-state index in [1.807, 2.05) is 0 Å². The zero-order chi connectivity index (χ0) is 11.7. The highest BCUT2D eigenvalue weighted by Crippen LogP contribution is 2.20. The largest absolute Gasteiger partial charge is 0.391 e. The van der Waals surface area contributed by atoms with Gasteiger partial charge in [-0.25, -0.2) is 0 Å². The van der Waals surface area contributed by atoms with Crippen LogP contribution in [0.1, 0.15) is 19.3 Å². The molecule has 2 aliphatic rings. The fraction of sp³-hybridized carbons (Fsp3) is 0.800. The molecule has 0 saturated carbocycles. The second-order valence-corrected chi connectivity index (χ2v) is 4.45. The summed E-state index contributed by atoms with van der Waals surface area (Å²) in [5.41, 5.74) is 5.22. The van der Waals surface area contributed by atoms with E-state index in [0.29, 0.717) is 0 Å². The van der Waals surface area contributed by atoms with Gasteiger partial charge in [0.05, 0.1) is 12.1 Å². The molecule has 2 amide bonds. The Kier molecular flexibility index (Phi) is 3.11. The quantitative estimate of drug-likeness (QED) is 0.518. The van der Waals surface area contributed by atoms with Gasteiger partial charge < -0.3 is 21.1 Å². The molecule has 2 saturated heterocycles. The van der Waals surface area contributed by atoms with Crippen LogP contribution in [0.25, 0.3) is 0 Å². The molecule has 0 spiro atoms. The average molecular weight is 227 g/mol. The number of β-amino-alcohol motifs (C(OH)–C–C–N with tert-alkyl or cyclic N) is 1. The van der Waals surface area contributed by atoms with Gasteiger partial charge >= 0.3 is 0 Å². The van der Waals surface area contributed by atoms with Crippen LogP contribution < -0.4 is 11.1 Å². The minimum Gasteiger partial charge on any atom is -0.391 e. The predicted octanol–water partition coefficient (Wildman–Crippen LogP) is -1.81. The Morgan fingerprint density at radius 2 is 2.19 bits per heavy atom. The summed E-state index contributed by atoms with van der Waals surface area (Å²) in [6.07, 6.45) is 1.38. The van der Waals surface area contributed by atoms with Gasteiger partial charge in [0.15, 0.2) is 0 Å². The maximum atomic E-state index is 12.1. The molecule has 2 heterocycles. The fourth-order valence-corrected chi connectivity index (χ4v) is 2.42. The van der Waals surface area contributed by atoms with Crippen LogP contribution in [-0.4, -0.2) is 53.1 Å². The average Bonchev–Trinajstić information content (AvgIpc) is 2.84. The molecule has 0 bridgehead atoms. The molecule has 2 unspecified atom stereocenters. The molecule has 6 nitrogen and oxygen atoms in total. The standard InChI is InChI=1S/C10H17N3O3/c11-9(15)8-4-6(14)5-13(8)10(16)7-2-1-3-12-7/h6-8,12,14H,1-5H2,(H2,11,15)/t6?,7-,8?/m0/s1. The van der Waals surface area contributed by atoms with Gasteiger partial charge in [-0.15, -0.1) is 0 Å². The molecule has 90 valence electrons. The third-order valence-electron chi connectivity index (χ3n) is 3.25. The first-order valence-corrected chi connectivity index (χ1v) is 5.61. The zero-order valence-corrected chi connectivity index (χ0v) is 9.06. The van der Waals surface area contributed by atoms with Crippen LogP contribution in [0.3, 0.4) is 0 Å². The van der Waals surface area contributed by atoms with Crippen molar-refractivity contribution >= 4 is 11.8 Å². The summed E-state index contributed by atoms with van der Waals surface area (Å²) in [6.45, 7) is 1.04. The lowest BCUT2D eigenvalue weighted by atomic mass is 10.1. The summed E-state index contributed by atoms with van der Waals surface area (Å²) >= 11 is 0. The molecule has 6 heteroatoms. The highest BCUT2D eigenvalue weighted by molar-refractivity contribution is 5.89. The van der Waals surface area contributed by atoms with E-state index in [9.17, 15) is 14.7 Å². The Morgan fingerprint density at radius 1 is 1.44 bits per heavy atom. The van der Waals surface area contributed by atoms with Gasteiger partial charge in [-0.1, -0.05) is 0 Å². The Hall–Kier alpha value is -1.14. The van der Waals surface area contributed by atoms with Gasteiger partial charge in [0.25, 0.3) is 0 Å². The summed E-state index contributed by atoms with van der Waals surface area (Å²) in [5.74, 6) is -0.652. The first-order chi connectivity index (χ1) is 7.59. The van der Waals surface area contributed by atoms with Gasteiger partial charge in [-0.3, -0.25) is 9.59 Å². The Balaban J connectivity index is 2.06. The number of rotatable bonds is 2. The number of amides is 2. The van der Waals surface area contributed by atoms with E-state index in [-0.39, 0.29) is 24.9 Å². The molecule has 3 atom stereocenters. The van der Waals surface area contributed by atoms with Crippen LogP contribution in [0, 0.1) is 0 Å². The van der Waals surface area contributed by atoms with Crippen molar-refractivity contribution in [2.75, 3.05) is 13.1 Å². The summed E-state index contributed by atoms with van der Waals surface area (Å²) < 4.78 is 0. The molecule has 0 radical (unpaired) electrons. The van der Waals surface area contributed by atoms with Crippen LogP contribution >= 0.6 is 0 Å². The van der Waals surface area contributed by atoms with Crippen molar-refractivity contribution in [3.8, 4) is 0 Å². The molecular weight excluding hydrogens is 210 g/mol. The van der Waals surface area contributed by atoms with Crippen molar-refractivity contribution in [2.45, 2.75) is 37.5 Å². The van der Waals surface area contributed by atoms with Crippen molar-refractivity contribution in [1.82, 2.24) is 10.2 Å². The maximum absolute atomic E-state index is 12.1. The van der Waals surface area contributed by atoms with E-state index >= 15 is 0 Å². The highest BCUT2D eigenvalue weighted by Gasteiger charge is 2.40. The monoisotopic (exact) mass is 227 g/mol. The van der Waals surface area contributed by atoms with Crippen molar-refractivity contribution in [2.24, 2.45) is 5.73 Å². The first-order valence-electron chi connectivity index (χ1n) is 5.61. The normalized spacial score (nSPS) is 34.3. The van der Waals surface area contributed by atoms with E-state index < -0.39 is 18.1 Å². The summed E-state index contributed by atoms with van der Waals surface area (Å²) in [4.78, 5) is 24.6. The molecule has 0 aliphatic carbocycles. The molecule has 0 aromatic heterocycles. The molecule has 2 rings (SSSR count). The number of nitrogens with one attached hydrogen (secondary N) is 1. The summed E-state index contributed by atoms with van der Waals surface area (Å²) in [7, 11) is 0. The van der Waals surface area contributed by atoms with Crippen molar-refractivity contribution < 1.29 is 14.7 Å². The fourth-order valence-electron chi connectivity index (χ4n) is 2.42. The Morgan fingerprint density at radius 3 is 2.75 bits per heavy atom. The SMILES string of the molecule is NC(=O)C1CC(O)CN1C(=O)[C@@H]1CCCN1. The number of carbonyl (C=O) groups excluding carboxylic acids is 2. The van der Waals surface area contributed by atoms with E-state index in [1.165, 1.54) is 4.90 Å². The number of nitrogens with two attached hydrogens (primary N) is 1. The van der Waals surface area contributed by atoms with Gasteiger partial charge in [0, 0.05) is 13.0 Å². The molecule has 2 aliphatic heterocycles. The number of aliphatic hydroxyl groups is 1. The van der Waals surface area contributed by atoms with Crippen molar-refractivity contribution in [3.63, 3.8) is 0 Å². The lowest BCUT2D eigenvalue weighted by Gasteiger charge is -2.25. The van der Waals surface area contributed by atoms with E-state index in [1.54, 1.807) is 0 Å². The van der Waals surface area contributed by atoms with Gasteiger partial charge in [0.2, 0.25) is 11.8 Å². The predicted molar refractivity (Wildman–Crippen MR) is 56.3 cm³/mol. The number of aliphatic hydroxyl groups excluding tert-OH is 1. The molecule has 0 aromatic carbocycles. The van der Waals surface area contributed by atoms with Crippen LogP contribution in [0.5, 0.6) is 0 Å². The lowest BCUT2D eigenvalue weighted by molar-refractivity contribution is -0.138. The minimum absolute atomic E-state index is 0.113. The number of nitrogens with zero attached hydrogens (tertiary/aromatic N) is 1. The Labute approximate surface area is 93.8 Å². The topological polar surface area (TPSA) is 95.7 Å². The van der Waals surface area contributed by atoms with E-state index in [0.717, 1.165) is 19.4 Å². The van der Waals surface area contributed by atoms with Crippen LogP contribution in [0.4, 0.5) is 0 Å². The van der Waals surface area contributed by atoms with Crippen molar-refractivity contribution in [3.05, 3.63) is 0 Å². The molecule has 4 N–H and O–H groups in total. The first kappa shape index (κ1) is 11.3. The van der Waals surface area contributed by atoms with Gasteiger partial charge in [-0.05, 0) is 19.4 Å². The lowest BCUT2D eigenvalue weighted by Crippen LogP contribution is -2.50. The maximum Gasteiger partial charge on any atom is 0.240 e. The molecular formula is C10H17N3O3. The number of hydrogen-bond acceptors (Lipinski definition) is 4. The van der Waals surface area contributed by atoms with Crippen molar-refractivity contribution in [1.29, 1.82) is 0 Å². The summed E-state index contributed by atoms with van der Waals surface area (Å²) in [6, 6.07) is -0.864. The van der Waals surface area contributed by atoms with E-state index in [2.05, 4.69) is 5.32 Å². The third kappa shape index (κ3) is 2.03. The number of primary amides is 1. The zero-order valence-electron chi connectivity index (χ0n) is 9.06.